The van der Waals surface area contributed by atoms with Gasteiger partial charge in [0, 0.05) is 25.8 Å². The van der Waals surface area contributed by atoms with E-state index >= 15 is 0 Å². The van der Waals surface area contributed by atoms with Crippen LogP contribution in [0.5, 0.6) is 17.2 Å². The van der Waals surface area contributed by atoms with Crippen molar-refractivity contribution in [3.05, 3.63) is 59.2 Å². The van der Waals surface area contributed by atoms with E-state index in [1.807, 2.05) is 0 Å². The van der Waals surface area contributed by atoms with Crippen LogP contribution in [0.3, 0.4) is 0 Å². The summed E-state index contributed by atoms with van der Waals surface area (Å²) in [6.45, 7) is 1.52. The second-order valence-electron chi connectivity index (χ2n) is 7.29. The van der Waals surface area contributed by atoms with Crippen molar-refractivity contribution >= 4 is 17.4 Å². The minimum absolute atomic E-state index is 0.00946. The molecule has 2 N–H and O–H groups in total. The van der Waals surface area contributed by atoms with Gasteiger partial charge in [-0.25, -0.2) is 0 Å². The number of ether oxygens (including phenoxy) is 3. The van der Waals surface area contributed by atoms with E-state index in [-0.39, 0.29) is 23.6 Å². The average Bonchev–Trinajstić information content (AvgIpc) is 3.04. The molecule has 1 saturated heterocycles. The molecule has 2 aliphatic rings. The Kier molecular flexibility index (Phi) is 5.81. The van der Waals surface area contributed by atoms with Gasteiger partial charge in [0.15, 0.2) is 11.5 Å². The molecule has 1 atom stereocenters. The molecule has 0 spiro atoms. The summed E-state index contributed by atoms with van der Waals surface area (Å²) in [5.41, 5.74) is 0.946. The number of carbonyl (C=O) groups is 2. The SMILES string of the molecule is COCCCN1C(=O)C(=O)/C(=C(\O)c2ccc3c(c2)OCCO3)C1c1ccc(O)cc1. The van der Waals surface area contributed by atoms with Gasteiger partial charge in [-0.2, -0.15) is 0 Å². The maximum absolute atomic E-state index is 13.0. The molecule has 1 unspecified atom stereocenters. The maximum atomic E-state index is 13.0. The summed E-state index contributed by atoms with van der Waals surface area (Å²) in [6.07, 6.45) is 0.530. The number of fused-ring (bicyclic) bond motifs is 1. The zero-order valence-corrected chi connectivity index (χ0v) is 17.0. The monoisotopic (exact) mass is 425 g/mol. The molecule has 31 heavy (non-hydrogen) atoms. The number of rotatable bonds is 6. The highest BCUT2D eigenvalue weighted by Crippen LogP contribution is 2.41. The number of amides is 1. The van der Waals surface area contributed by atoms with E-state index in [1.54, 1.807) is 37.4 Å². The first-order chi connectivity index (χ1) is 15.0. The quantitative estimate of drug-likeness (QED) is 0.317. The summed E-state index contributed by atoms with van der Waals surface area (Å²) >= 11 is 0. The van der Waals surface area contributed by atoms with E-state index in [4.69, 9.17) is 14.2 Å². The number of likely N-dealkylation sites (tertiary alicyclic amines) is 1. The van der Waals surface area contributed by atoms with Gasteiger partial charge in [0.05, 0.1) is 11.6 Å². The highest BCUT2D eigenvalue weighted by Gasteiger charge is 2.45. The van der Waals surface area contributed by atoms with Gasteiger partial charge in [-0.3, -0.25) is 9.59 Å². The summed E-state index contributed by atoms with van der Waals surface area (Å²) in [5, 5.41) is 20.8. The summed E-state index contributed by atoms with van der Waals surface area (Å²) < 4.78 is 16.2. The van der Waals surface area contributed by atoms with E-state index in [0.717, 1.165) is 0 Å². The van der Waals surface area contributed by atoms with Crippen molar-refractivity contribution in [3.63, 3.8) is 0 Å². The number of aromatic hydroxyl groups is 1. The Bertz CT molecular complexity index is 1030. The van der Waals surface area contributed by atoms with E-state index in [2.05, 4.69) is 0 Å². The Morgan fingerprint density at radius 1 is 1.10 bits per heavy atom. The minimum Gasteiger partial charge on any atom is -0.508 e. The smallest absolute Gasteiger partial charge is 0.295 e. The fraction of sp³-hybridized carbons (Fsp3) is 0.304. The van der Waals surface area contributed by atoms with Crippen molar-refractivity contribution < 1.29 is 34.0 Å². The Morgan fingerprint density at radius 3 is 2.52 bits per heavy atom. The molecular formula is C23H23NO7. The Morgan fingerprint density at radius 2 is 1.81 bits per heavy atom. The molecule has 2 aromatic rings. The molecule has 1 amide bonds. The van der Waals surface area contributed by atoms with Crippen LogP contribution < -0.4 is 9.47 Å². The molecule has 2 aliphatic heterocycles. The van der Waals surface area contributed by atoms with Gasteiger partial charge in [-0.15, -0.1) is 0 Å². The van der Waals surface area contributed by atoms with Crippen LogP contribution in [0.25, 0.3) is 5.76 Å². The van der Waals surface area contributed by atoms with E-state index in [0.29, 0.717) is 48.9 Å². The molecule has 2 aromatic carbocycles. The van der Waals surface area contributed by atoms with Gasteiger partial charge in [0.25, 0.3) is 11.7 Å². The predicted molar refractivity (Wildman–Crippen MR) is 111 cm³/mol. The fourth-order valence-electron chi connectivity index (χ4n) is 3.84. The predicted octanol–water partition coefficient (Wildman–Crippen LogP) is 2.62. The zero-order valence-electron chi connectivity index (χ0n) is 17.0. The molecule has 8 nitrogen and oxygen atoms in total. The molecule has 0 radical (unpaired) electrons. The summed E-state index contributed by atoms with van der Waals surface area (Å²) in [5.74, 6) is -0.658. The summed E-state index contributed by atoms with van der Waals surface area (Å²) in [6, 6.07) is 10.3. The number of methoxy groups -OCH3 is 1. The highest BCUT2D eigenvalue weighted by atomic mass is 16.6. The molecule has 4 rings (SSSR count). The van der Waals surface area contributed by atoms with Crippen LogP contribution in [-0.4, -0.2) is 60.3 Å². The van der Waals surface area contributed by atoms with Gasteiger partial charge < -0.3 is 29.3 Å². The van der Waals surface area contributed by atoms with Crippen LogP contribution in [0.2, 0.25) is 0 Å². The first kappa shape index (κ1) is 20.7. The lowest BCUT2D eigenvalue weighted by Gasteiger charge is -2.25. The average molecular weight is 425 g/mol. The fourth-order valence-corrected chi connectivity index (χ4v) is 3.84. The highest BCUT2D eigenvalue weighted by molar-refractivity contribution is 6.46. The summed E-state index contributed by atoms with van der Waals surface area (Å²) in [7, 11) is 1.56. The van der Waals surface area contributed by atoms with Gasteiger partial charge in [0.1, 0.15) is 24.7 Å². The van der Waals surface area contributed by atoms with E-state index in [9.17, 15) is 19.8 Å². The van der Waals surface area contributed by atoms with Crippen LogP contribution >= 0.6 is 0 Å². The van der Waals surface area contributed by atoms with Crippen molar-refractivity contribution in [1.29, 1.82) is 0 Å². The summed E-state index contributed by atoms with van der Waals surface area (Å²) in [4.78, 5) is 27.2. The third kappa shape index (κ3) is 3.94. The van der Waals surface area contributed by atoms with E-state index < -0.39 is 17.7 Å². The number of carbonyl (C=O) groups excluding carboxylic acids is 2. The first-order valence-electron chi connectivity index (χ1n) is 9.97. The second-order valence-corrected chi connectivity index (χ2v) is 7.29. The molecule has 0 bridgehead atoms. The number of Topliss-reactive ketones (excluding diaryl/α,β-unsaturated/α-hetero) is 1. The van der Waals surface area contributed by atoms with Gasteiger partial charge in [-0.05, 0) is 42.3 Å². The first-order valence-corrected chi connectivity index (χ1v) is 9.97. The molecule has 162 valence electrons. The van der Waals surface area contributed by atoms with Gasteiger partial charge in [0.2, 0.25) is 0 Å². The number of benzene rings is 2. The number of hydrogen-bond donors (Lipinski definition) is 2. The third-order valence-corrected chi connectivity index (χ3v) is 5.31. The topological polar surface area (TPSA) is 106 Å². The number of ketones is 1. The number of phenols is 1. The number of phenolic OH excluding ortho intramolecular Hbond substituents is 1. The Hall–Kier alpha value is -3.52. The van der Waals surface area contributed by atoms with Crippen molar-refractivity contribution in [2.75, 3.05) is 33.5 Å². The van der Waals surface area contributed by atoms with Crippen LogP contribution in [0.1, 0.15) is 23.6 Å². The van der Waals surface area contributed by atoms with Crippen LogP contribution in [0, 0.1) is 0 Å². The lowest BCUT2D eigenvalue weighted by atomic mass is 9.95. The van der Waals surface area contributed by atoms with Crippen molar-refractivity contribution in [1.82, 2.24) is 4.90 Å². The van der Waals surface area contributed by atoms with E-state index in [1.165, 1.54) is 17.0 Å². The molecule has 0 saturated carbocycles. The largest absolute Gasteiger partial charge is 0.508 e. The van der Waals surface area contributed by atoms with Crippen LogP contribution in [0.4, 0.5) is 0 Å². The standard InChI is InChI=1S/C23H23NO7/c1-29-10-2-9-24-20(14-3-6-16(25)7-4-14)19(22(27)23(24)28)21(26)15-5-8-17-18(13-15)31-12-11-30-17/h3-8,13,20,25-26H,2,9-12H2,1H3/b21-19-. The minimum atomic E-state index is -0.786. The molecular weight excluding hydrogens is 402 g/mol. The number of aliphatic hydroxyl groups is 1. The molecule has 0 aromatic heterocycles. The molecule has 8 heteroatoms. The lowest BCUT2D eigenvalue weighted by Crippen LogP contribution is -2.31. The Balaban J connectivity index is 1.79. The molecule has 1 fully saturated rings. The third-order valence-electron chi connectivity index (χ3n) is 5.31. The van der Waals surface area contributed by atoms with Crippen LogP contribution in [0.15, 0.2) is 48.0 Å². The normalized spacial score (nSPS) is 19.6. The number of nitrogens with zero attached hydrogens (tertiary/aromatic N) is 1. The zero-order chi connectivity index (χ0) is 22.0. The molecule has 2 heterocycles. The number of aliphatic hydroxyl groups excluding tert-OH is 1. The van der Waals surface area contributed by atoms with Crippen molar-refractivity contribution in [3.8, 4) is 17.2 Å². The van der Waals surface area contributed by atoms with Gasteiger partial charge in [-0.1, -0.05) is 12.1 Å². The van der Waals surface area contributed by atoms with Gasteiger partial charge >= 0.3 is 0 Å². The van der Waals surface area contributed by atoms with Crippen LogP contribution in [-0.2, 0) is 14.3 Å². The number of hydrogen-bond acceptors (Lipinski definition) is 7. The Labute approximate surface area is 179 Å². The van der Waals surface area contributed by atoms with Crippen molar-refractivity contribution in [2.45, 2.75) is 12.5 Å². The lowest BCUT2D eigenvalue weighted by molar-refractivity contribution is -0.140. The molecule has 0 aliphatic carbocycles. The van der Waals surface area contributed by atoms with Crippen molar-refractivity contribution in [2.24, 2.45) is 0 Å². The second kappa shape index (κ2) is 8.69. The maximum Gasteiger partial charge on any atom is 0.295 e.